The number of nitrogens with zero attached hydrogens (tertiary/aromatic N) is 1. The Bertz CT molecular complexity index is 451. The van der Waals surface area contributed by atoms with Crippen molar-refractivity contribution in [2.45, 2.75) is 13.0 Å². The number of rotatable bonds is 3. The monoisotopic (exact) mass is 216 g/mol. The second-order valence-corrected chi connectivity index (χ2v) is 3.41. The first kappa shape index (κ1) is 10.4. The summed E-state index contributed by atoms with van der Waals surface area (Å²) < 4.78 is 5.26. The molecular weight excluding hydrogens is 204 g/mol. The third kappa shape index (κ3) is 2.28. The fourth-order valence-electron chi connectivity index (χ4n) is 1.38. The van der Waals surface area contributed by atoms with E-state index in [1.807, 2.05) is 37.3 Å². The predicted octanol–water partition coefficient (Wildman–Crippen LogP) is 2.33. The molecule has 0 amide bonds. The van der Waals surface area contributed by atoms with E-state index in [1.54, 1.807) is 0 Å². The summed E-state index contributed by atoms with van der Waals surface area (Å²) in [7, 11) is 0. The topological polar surface area (TPSA) is 55.0 Å². The molecule has 0 aliphatic heterocycles. The van der Waals surface area contributed by atoms with E-state index in [0.717, 1.165) is 5.56 Å². The van der Waals surface area contributed by atoms with Crippen LogP contribution in [0, 0.1) is 0 Å². The molecule has 0 aliphatic rings. The van der Waals surface area contributed by atoms with E-state index in [4.69, 9.17) is 4.74 Å². The minimum Gasteiger partial charge on any atom is -0.453 e. The molecule has 1 atom stereocenters. The molecule has 2 rings (SSSR count). The number of nitrogens with one attached hydrogen (secondary N) is 1. The van der Waals surface area contributed by atoms with Crippen molar-refractivity contribution in [2.24, 2.45) is 0 Å². The lowest BCUT2D eigenvalue weighted by atomic mass is 10.1. The van der Waals surface area contributed by atoms with E-state index in [9.17, 15) is 4.79 Å². The van der Waals surface area contributed by atoms with Crippen molar-refractivity contribution in [1.29, 1.82) is 0 Å². The third-order valence-electron chi connectivity index (χ3n) is 2.26. The van der Waals surface area contributed by atoms with E-state index in [0.29, 0.717) is 5.69 Å². The smallest absolute Gasteiger partial charge is 0.359 e. The highest BCUT2D eigenvalue weighted by atomic mass is 16.5. The summed E-state index contributed by atoms with van der Waals surface area (Å²) in [6, 6.07) is 9.58. The van der Waals surface area contributed by atoms with Gasteiger partial charge in [0.2, 0.25) is 0 Å². The maximum Gasteiger partial charge on any atom is 0.359 e. The molecule has 0 bridgehead atoms. The summed E-state index contributed by atoms with van der Waals surface area (Å²) in [6.45, 7) is 1.83. The predicted molar refractivity (Wildman–Crippen MR) is 58.9 cm³/mol. The molecule has 2 aromatic rings. The molecule has 0 saturated heterocycles. The highest BCUT2D eigenvalue weighted by Crippen LogP contribution is 2.17. The Labute approximate surface area is 93.3 Å². The van der Waals surface area contributed by atoms with Crippen molar-refractivity contribution in [3.63, 3.8) is 0 Å². The number of ether oxygens (including phenoxy) is 1. The van der Waals surface area contributed by atoms with E-state index in [1.165, 1.54) is 12.5 Å². The number of carbonyl (C=O) groups is 1. The maximum atomic E-state index is 11.6. The summed E-state index contributed by atoms with van der Waals surface area (Å²) in [5.74, 6) is -0.419. The zero-order valence-electron chi connectivity index (χ0n) is 8.88. The Kier molecular flexibility index (Phi) is 3.00. The summed E-state index contributed by atoms with van der Waals surface area (Å²) in [4.78, 5) is 18.1. The fourth-order valence-corrected chi connectivity index (χ4v) is 1.38. The number of H-pyrrole nitrogens is 1. The molecule has 0 saturated carbocycles. The molecule has 0 spiro atoms. The minimum absolute atomic E-state index is 0.273. The molecule has 0 aliphatic carbocycles. The van der Waals surface area contributed by atoms with Crippen LogP contribution in [0.25, 0.3) is 0 Å². The molecule has 16 heavy (non-hydrogen) atoms. The van der Waals surface area contributed by atoms with Crippen molar-refractivity contribution in [2.75, 3.05) is 0 Å². The average molecular weight is 216 g/mol. The van der Waals surface area contributed by atoms with Gasteiger partial charge < -0.3 is 9.72 Å². The standard InChI is InChI=1S/C12H12N2O2/c1-9(10-5-3-2-4-6-10)16-12(15)11-7-13-8-14-11/h2-9H,1H3,(H,13,14)/t9-/m1/s1. The van der Waals surface area contributed by atoms with Crippen LogP contribution in [0.4, 0.5) is 0 Å². The van der Waals surface area contributed by atoms with Gasteiger partial charge in [0.15, 0.2) is 5.69 Å². The van der Waals surface area contributed by atoms with E-state index in [-0.39, 0.29) is 6.10 Å². The number of imidazole rings is 1. The molecule has 1 aromatic carbocycles. The molecule has 1 N–H and O–H groups in total. The number of carbonyl (C=O) groups excluding carboxylic acids is 1. The van der Waals surface area contributed by atoms with Crippen LogP contribution in [-0.4, -0.2) is 15.9 Å². The Balaban J connectivity index is 2.03. The lowest BCUT2D eigenvalue weighted by Crippen LogP contribution is -2.09. The zero-order chi connectivity index (χ0) is 11.4. The van der Waals surface area contributed by atoms with Crippen molar-refractivity contribution >= 4 is 5.97 Å². The SMILES string of the molecule is C[C@@H](OC(=O)c1c[nH]cn1)c1ccccc1. The van der Waals surface area contributed by atoms with E-state index in [2.05, 4.69) is 9.97 Å². The molecule has 1 aromatic heterocycles. The number of esters is 1. The van der Waals surface area contributed by atoms with Gasteiger partial charge in [0.05, 0.1) is 6.33 Å². The lowest BCUT2D eigenvalue weighted by molar-refractivity contribution is 0.0331. The second-order valence-electron chi connectivity index (χ2n) is 3.41. The lowest BCUT2D eigenvalue weighted by Gasteiger charge is -2.12. The molecule has 0 unspecified atom stereocenters. The van der Waals surface area contributed by atoms with Gasteiger partial charge in [-0.3, -0.25) is 0 Å². The molecule has 1 heterocycles. The van der Waals surface area contributed by atoms with Gasteiger partial charge in [-0.25, -0.2) is 9.78 Å². The highest BCUT2D eigenvalue weighted by Gasteiger charge is 2.14. The molecular formula is C12H12N2O2. The fraction of sp³-hybridized carbons (Fsp3) is 0.167. The number of hydrogen-bond acceptors (Lipinski definition) is 3. The highest BCUT2D eigenvalue weighted by molar-refractivity contribution is 5.87. The van der Waals surface area contributed by atoms with Gasteiger partial charge in [-0.1, -0.05) is 30.3 Å². The molecule has 4 heteroatoms. The Morgan fingerprint density at radius 3 is 2.75 bits per heavy atom. The van der Waals surface area contributed by atoms with E-state index < -0.39 is 5.97 Å². The summed E-state index contributed by atoms with van der Waals surface area (Å²) in [5, 5.41) is 0. The van der Waals surface area contributed by atoms with Crippen LogP contribution in [0.2, 0.25) is 0 Å². The summed E-state index contributed by atoms with van der Waals surface area (Å²) in [6.07, 6.45) is 2.69. The Hall–Kier alpha value is -2.10. The Morgan fingerprint density at radius 2 is 2.12 bits per heavy atom. The van der Waals surface area contributed by atoms with Gasteiger partial charge in [0.1, 0.15) is 6.10 Å². The molecule has 0 radical (unpaired) electrons. The van der Waals surface area contributed by atoms with Crippen LogP contribution in [0.5, 0.6) is 0 Å². The van der Waals surface area contributed by atoms with Crippen LogP contribution in [0.3, 0.4) is 0 Å². The minimum atomic E-state index is -0.419. The van der Waals surface area contributed by atoms with Crippen LogP contribution in [0.15, 0.2) is 42.9 Å². The summed E-state index contributed by atoms with van der Waals surface area (Å²) in [5.41, 5.74) is 1.26. The number of aromatic nitrogens is 2. The maximum absolute atomic E-state index is 11.6. The van der Waals surface area contributed by atoms with E-state index >= 15 is 0 Å². The quantitative estimate of drug-likeness (QED) is 0.801. The van der Waals surface area contributed by atoms with Crippen LogP contribution < -0.4 is 0 Å². The van der Waals surface area contributed by atoms with Crippen molar-refractivity contribution < 1.29 is 9.53 Å². The molecule has 0 fully saturated rings. The first-order valence-corrected chi connectivity index (χ1v) is 5.02. The van der Waals surface area contributed by atoms with Crippen LogP contribution in [-0.2, 0) is 4.74 Å². The number of aromatic amines is 1. The largest absolute Gasteiger partial charge is 0.453 e. The van der Waals surface area contributed by atoms with Crippen molar-refractivity contribution in [3.8, 4) is 0 Å². The van der Waals surface area contributed by atoms with Gasteiger partial charge in [-0.15, -0.1) is 0 Å². The normalized spacial score (nSPS) is 12.1. The van der Waals surface area contributed by atoms with Crippen LogP contribution >= 0.6 is 0 Å². The first-order chi connectivity index (χ1) is 7.77. The number of benzene rings is 1. The van der Waals surface area contributed by atoms with Crippen LogP contribution in [0.1, 0.15) is 29.1 Å². The second kappa shape index (κ2) is 4.61. The van der Waals surface area contributed by atoms with Crippen molar-refractivity contribution in [1.82, 2.24) is 9.97 Å². The third-order valence-corrected chi connectivity index (χ3v) is 2.26. The van der Waals surface area contributed by atoms with Crippen molar-refractivity contribution in [3.05, 3.63) is 54.1 Å². The molecule has 82 valence electrons. The zero-order valence-corrected chi connectivity index (χ0v) is 8.88. The van der Waals surface area contributed by atoms with Gasteiger partial charge >= 0.3 is 5.97 Å². The average Bonchev–Trinajstić information content (AvgIpc) is 2.83. The first-order valence-electron chi connectivity index (χ1n) is 5.02. The van der Waals surface area contributed by atoms with Gasteiger partial charge in [-0.05, 0) is 12.5 Å². The number of hydrogen-bond donors (Lipinski definition) is 1. The van der Waals surface area contributed by atoms with Gasteiger partial charge in [0, 0.05) is 6.20 Å². The van der Waals surface area contributed by atoms with Gasteiger partial charge in [-0.2, -0.15) is 0 Å². The summed E-state index contributed by atoms with van der Waals surface area (Å²) >= 11 is 0. The Morgan fingerprint density at radius 1 is 1.38 bits per heavy atom. The van der Waals surface area contributed by atoms with Gasteiger partial charge in [0.25, 0.3) is 0 Å². The molecule has 4 nitrogen and oxygen atoms in total.